The van der Waals surface area contributed by atoms with Gasteiger partial charge in [0.15, 0.2) is 0 Å². The van der Waals surface area contributed by atoms with E-state index in [4.69, 9.17) is 27.9 Å². The number of hydrogen-bond donors (Lipinski definition) is 1. The second kappa shape index (κ2) is 6.35. The van der Waals surface area contributed by atoms with Crippen LogP contribution >= 0.6 is 39.1 Å². The van der Waals surface area contributed by atoms with Crippen molar-refractivity contribution < 1.29 is 9.84 Å². The maximum absolute atomic E-state index is 10.5. The largest absolute Gasteiger partial charge is 0.495 e. The van der Waals surface area contributed by atoms with E-state index in [1.165, 1.54) is 7.11 Å². The predicted octanol–water partition coefficient (Wildman–Crippen LogP) is 5.15. The number of aliphatic hydroxyl groups excluding tert-OH is 1. The zero-order valence-corrected chi connectivity index (χ0v) is 14.1. The molecule has 20 heavy (non-hydrogen) atoms. The summed E-state index contributed by atoms with van der Waals surface area (Å²) in [4.78, 5) is 0. The molecular formula is C15H13BrCl2O2. The molecule has 0 aliphatic rings. The highest BCUT2D eigenvalue weighted by Gasteiger charge is 2.19. The third-order valence-electron chi connectivity index (χ3n) is 3.02. The Bertz CT molecular complexity index is 644. The Hall–Kier alpha value is -0.740. The first-order chi connectivity index (χ1) is 9.43. The first-order valence-electron chi connectivity index (χ1n) is 5.91. The molecule has 0 aliphatic heterocycles. The van der Waals surface area contributed by atoms with Crippen molar-refractivity contribution >= 4 is 39.1 Å². The number of benzene rings is 2. The predicted molar refractivity (Wildman–Crippen MR) is 86.0 cm³/mol. The Morgan fingerprint density at radius 3 is 2.40 bits per heavy atom. The summed E-state index contributed by atoms with van der Waals surface area (Å²) in [5.74, 6) is 0.482. The van der Waals surface area contributed by atoms with E-state index in [1.807, 2.05) is 25.1 Å². The molecule has 0 amide bonds. The molecular weight excluding hydrogens is 363 g/mol. The van der Waals surface area contributed by atoms with Crippen LogP contribution in [0.25, 0.3) is 0 Å². The van der Waals surface area contributed by atoms with Crippen molar-refractivity contribution in [2.45, 2.75) is 13.0 Å². The number of ether oxygens (including phenoxy) is 1. The average Bonchev–Trinajstić information content (AvgIpc) is 2.40. The SMILES string of the molecule is COc1cc(Cl)c(C(O)c2ccc(C)cc2Br)cc1Cl. The van der Waals surface area contributed by atoms with Gasteiger partial charge in [0.05, 0.1) is 17.2 Å². The molecule has 2 rings (SSSR count). The minimum Gasteiger partial charge on any atom is -0.495 e. The van der Waals surface area contributed by atoms with Gasteiger partial charge in [-0.3, -0.25) is 0 Å². The maximum atomic E-state index is 10.5. The summed E-state index contributed by atoms with van der Waals surface area (Å²) in [6.07, 6.45) is -0.860. The molecule has 0 aliphatic carbocycles. The normalized spacial score (nSPS) is 12.3. The van der Waals surface area contributed by atoms with E-state index in [1.54, 1.807) is 12.1 Å². The number of aliphatic hydroxyl groups is 1. The second-order valence-corrected chi connectivity index (χ2v) is 6.10. The van der Waals surface area contributed by atoms with Crippen LogP contribution in [0.2, 0.25) is 10.0 Å². The van der Waals surface area contributed by atoms with Crippen LogP contribution in [-0.2, 0) is 0 Å². The minimum absolute atomic E-state index is 0.409. The molecule has 0 aromatic heterocycles. The lowest BCUT2D eigenvalue weighted by atomic mass is 10.0. The van der Waals surface area contributed by atoms with Gasteiger partial charge >= 0.3 is 0 Å². The van der Waals surface area contributed by atoms with Gasteiger partial charge < -0.3 is 9.84 Å². The van der Waals surface area contributed by atoms with Crippen molar-refractivity contribution in [2.75, 3.05) is 7.11 Å². The highest BCUT2D eigenvalue weighted by Crippen LogP contribution is 2.38. The number of methoxy groups -OCH3 is 1. The van der Waals surface area contributed by atoms with Gasteiger partial charge in [0, 0.05) is 16.1 Å². The van der Waals surface area contributed by atoms with Crippen molar-refractivity contribution in [1.82, 2.24) is 0 Å². The summed E-state index contributed by atoms with van der Waals surface area (Å²) < 4.78 is 5.93. The molecule has 0 radical (unpaired) electrons. The fraction of sp³-hybridized carbons (Fsp3) is 0.200. The van der Waals surface area contributed by atoms with Gasteiger partial charge in [0.2, 0.25) is 0 Å². The molecule has 1 atom stereocenters. The van der Waals surface area contributed by atoms with E-state index in [2.05, 4.69) is 15.9 Å². The molecule has 0 fully saturated rings. The van der Waals surface area contributed by atoms with Gasteiger partial charge in [0.1, 0.15) is 11.9 Å². The van der Waals surface area contributed by atoms with Crippen LogP contribution < -0.4 is 4.74 Å². The number of halogens is 3. The molecule has 0 saturated heterocycles. The van der Waals surface area contributed by atoms with Crippen LogP contribution in [0.4, 0.5) is 0 Å². The molecule has 1 unspecified atom stereocenters. The molecule has 0 bridgehead atoms. The lowest BCUT2D eigenvalue weighted by Crippen LogP contribution is -2.02. The Morgan fingerprint density at radius 2 is 1.80 bits per heavy atom. The Kier molecular flexibility index (Phi) is 4.97. The first-order valence-corrected chi connectivity index (χ1v) is 7.46. The molecule has 2 aromatic rings. The highest BCUT2D eigenvalue weighted by atomic mass is 79.9. The molecule has 1 N–H and O–H groups in total. The molecule has 0 heterocycles. The average molecular weight is 376 g/mol. The molecule has 106 valence electrons. The number of hydrogen-bond acceptors (Lipinski definition) is 2. The summed E-state index contributed by atoms with van der Waals surface area (Å²) in [5.41, 5.74) is 2.38. The third kappa shape index (κ3) is 3.12. The zero-order valence-electron chi connectivity index (χ0n) is 11.0. The summed E-state index contributed by atoms with van der Waals surface area (Å²) >= 11 is 15.7. The van der Waals surface area contributed by atoms with Gasteiger partial charge in [-0.15, -0.1) is 0 Å². The van der Waals surface area contributed by atoms with Gasteiger partial charge in [0.25, 0.3) is 0 Å². The van der Waals surface area contributed by atoms with Crippen molar-refractivity contribution in [1.29, 1.82) is 0 Å². The monoisotopic (exact) mass is 374 g/mol. The Labute approximate surface area is 136 Å². The molecule has 2 aromatic carbocycles. The Morgan fingerprint density at radius 1 is 1.10 bits per heavy atom. The number of rotatable bonds is 3. The smallest absolute Gasteiger partial charge is 0.138 e. The highest BCUT2D eigenvalue weighted by molar-refractivity contribution is 9.10. The zero-order chi connectivity index (χ0) is 14.9. The van der Waals surface area contributed by atoms with E-state index in [-0.39, 0.29) is 0 Å². The third-order valence-corrected chi connectivity index (χ3v) is 4.33. The van der Waals surface area contributed by atoms with Gasteiger partial charge in [-0.05, 0) is 30.2 Å². The van der Waals surface area contributed by atoms with Gasteiger partial charge in [-0.2, -0.15) is 0 Å². The standard InChI is InChI=1S/C15H13BrCl2O2/c1-8-3-4-9(11(16)5-8)15(19)10-6-13(18)14(20-2)7-12(10)17/h3-7,15,19H,1-2H3. The molecule has 2 nitrogen and oxygen atoms in total. The maximum Gasteiger partial charge on any atom is 0.138 e. The summed E-state index contributed by atoms with van der Waals surface area (Å²) in [5, 5.41) is 11.3. The van der Waals surface area contributed by atoms with Crippen LogP contribution in [0, 0.1) is 6.92 Å². The summed E-state index contributed by atoms with van der Waals surface area (Å²) in [6, 6.07) is 8.96. The van der Waals surface area contributed by atoms with E-state index in [9.17, 15) is 5.11 Å². The van der Waals surface area contributed by atoms with Crippen LogP contribution in [-0.4, -0.2) is 12.2 Å². The second-order valence-electron chi connectivity index (χ2n) is 4.44. The van der Waals surface area contributed by atoms with Crippen molar-refractivity contribution in [3.8, 4) is 5.75 Å². The van der Waals surface area contributed by atoms with E-state index < -0.39 is 6.10 Å². The van der Waals surface area contributed by atoms with Crippen LogP contribution in [0.5, 0.6) is 5.75 Å². The first kappa shape index (κ1) is 15.6. The van der Waals surface area contributed by atoms with Crippen molar-refractivity contribution in [3.63, 3.8) is 0 Å². The quantitative estimate of drug-likeness (QED) is 0.803. The van der Waals surface area contributed by atoms with E-state index >= 15 is 0 Å². The summed E-state index contributed by atoms with van der Waals surface area (Å²) in [6.45, 7) is 1.98. The summed E-state index contributed by atoms with van der Waals surface area (Å²) in [7, 11) is 1.52. The fourth-order valence-electron chi connectivity index (χ4n) is 1.93. The van der Waals surface area contributed by atoms with Crippen LogP contribution in [0.3, 0.4) is 0 Å². The van der Waals surface area contributed by atoms with Gasteiger partial charge in [-0.25, -0.2) is 0 Å². The topological polar surface area (TPSA) is 29.5 Å². The van der Waals surface area contributed by atoms with Crippen LogP contribution in [0.1, 0.15) is 22.8 Å². The Balaban J connectivity index is 2.48. The van der Waals surface area contributed by atoms with E-state index in [0.717, 1.165) is 15.6 Å². The minimum atomic E-state index is -0.860. The molecule has 5 heteroatoms. The molecule has 0 spiro atoms. The van der Waals surface area contributed by atoms with Gasteiger partial charge in [-0.1, -0.05) is 51.3 Å². The number of aryl methyl sites for hydroxylation is 1. The van der Waals surface area contributed by atoms with Crippen molar-refractivity contribution in [3.05, 3.63) is 61.5 Å². The molecule has 0 saturated carbocycles. The van der Waals surface area contributed by atoms with E-state index in [0.29, 0.717) is 21.4 Å². The van der Waals surface area contributed by atoms with Crippen LogP contribution in [0.15, 0.2) is 34.8 Å². The fourth-order valence-corrected chi connectivity index (χ4v) is 3.15. The lowest BCUT2D eigenvalue weighted by Gasteiger charge is -2.16. The lowest BCUT2D eigenvalue weighted by molar-refractivity contribution is 0.219. The van der Waals surface area contributed by atoms with Crippen molar-refractivity contribution in [2.24, 2.45) is 0 Å².